The zero-order chi connectivity index (χ0) is 17.5. The largest absolute Gasteiger partial charge is 0.377 e. The number of nitrogens with one attached hydrogen (secondary N) is 2. The monoisotopic (exact) mass is 338 g/mol. The molecule has 2 N–H and O–H groups in total. The molecular weight excluding hydrogens is 312 g/mol. The summed E-state index contributed by atoms with van der Waals surface area (Å²) in [6, 6.07) is 18.3. The molecule has 25 heavy (non-hydrogen) atoms. The van der Waals surface area contributed by atoms with Crippen LogP contribution in [0, 0.1) is 5.92 Å². The number of urea groups is 1. The van der Waals surface area contributed by atoms with Crippen LogP contribution in [0.25, 0.3) is 0 Å². The Hall–Kier alpha value is -2.33. The number of ether oxygens (including phenoxy) is 1. The summed E-state index contributed by atoms with van der Waals surface area (Å²) in [5.41, 5.74) is 3.39. The van der Waals surface area contributed by atoms with Crippen LogP contribution < -0.4 is 10.6 Å². The van der Waals surface area contributed by atoms with Gasteiger partial charge in [0.05, 0.1) is 12.6 Å². The van der Waals surface area contributed by atoms with Gasteiger partial charge < -0.3 is 15.4 Å². The fourth-order valence-corrected chi connectivity index (χ4v) is 3.01. The number of carbonyl (C=O) groups is 1. The van der Waals surface area contributed by atoms with Crippen molar-refractivity contribution in [2.24, 2.45) is 5.92 Å². The Balaban J connectivity index is 1.57. The van der Waals surface area contributed by atoms with Crippen molar-refractivity contribution in [3.63, 3.8) is 0 Å². The van der Waals surface area contributed by atoms with Gasteiger partial charge in [-0.15, -0.1) is 0 Å². The predicted octanol–water partition coefficient (Wildman–Crippen LogP) is 4.17. The highest BCUT2D eigenvalue weighted by atomic mass is 16.5. The summed E-state index contributed by atoms with van der Waals surface area (Å²) in [6.07, 6.45) is 2.36. The van der Waals surface area contributed by atoms with E-state index in [9.17, 15) is 4.79 Å². The van der Waals surface area contributed by atoms with Gasteiger partial charge in [-0.05, 0) is 42.4 Å². The molecular formula is C21H26N2O2. The van der Waals surface area contributed by atoms with Crippen molar-refractivity contribution in [3.8, 4) is 0 Å². The molecule has 4 heteroatoms. The fourth-order valence-electron chi connectivity index (χ4n) is 3.01. The van der Waals surface area contributed by atoms with Crippen molar-refractivity contribution in [1.82, 2.24) is 10.6 Å². The Morgan fingerprint density at radius 2 is 1.76 bits per heavy atom. The van der Waals surface area contributed by atoms with Crippen LogP contribution in [0.5, 0.6) is 0 Å². The molecule has 1 saturated carbocycles. The lowest BCUT2D eigenvalue weighted by atomic mass is 10.0. The summed E-state index contributed by atoms with van der Waals surface area (Å²) in [6.45, 7) is 3.74. The van der Waals surface area contributed by atoms with Crippen LogP contribution in [0.1, 0.15) is 42.5 Å². The zero-order valence-corrected chi connectivity index (χ0v) is 14.7. The Morgan fingerprint density at radius 3 is 2.44 bits per heavy atom. The predicted molar refractivity (Wildman–Crippen MR) is 99.1 cm³/mol. The highest BCUT2D eigenvalue weighted by Gasteiger charge is 2.33. The van der Waals surface area contributed by atoms with Crippen LogP contribution in [0.3, 0.4) is 0 Å². The lowest BCUT2D eigenvalue weighted by Crippen LogP contribution is -2.38. The summed E-state index contributed by atoms with van der Waals surface area (Å²) >= 11 is 0. The van der Waals surface area contributed by atoms with E-state index in [0.29, 0.717) is 25.7 Å². The molecule has 0 aliphatic heterocycles. The highest BCUT2D eigenvalue weighted by Crippen LogP contribution is 2.40. The van der Waals surface area contributed by atoms with Crippen LogP contribution in [-0.4, -0.2) is 12.6 Å². The van der Waals surface area contributed by atoms with E-state index in [4.69, 9.17) is 4.74 Å². The molecule has 2 amide bonds. The van der Waals surface area contributed by atoms with Crippen molar-refractivity contribution in [1.29, 1.82) is 0 Å². The minimum Gasteiger partial charge on any atom is -0.377 e. The van der Waals surface area contributed by atoms with Gasteiger partial charge in [0.25, 0.3) is 0 Å². The molecule has 0 spiro atoms. The van der Waals surface area contributed by atoms with Crippen molar-refractivity contribution in [2.45, 2.75) is 39.0 Å². The molecule has 0 heterocycles. The van der Waals surface area contributed by atoms with Gasteiger partial charge in [0, 0.05) is 13.2 Å². The molecule has 3 rings (SSSR count). The smallest absolute Gasteiger partial charge is 0.315 e. The van der Waals surface area contributed by atoms with Gasteiger partial charge in [0.1, 0.15) is 0 Å². The SMILES string of the molecule is CCOCc1ccccc1CNC(=O)N[C@@H](c1ccccc1)C1CC1. The van der Waals surface area contributed by atoms with Crippen LogP contribution in [0.4, 0.5) is 4.79 Å². The van der Waals surface area contributed by atoms with Gasteiger partial charge in [0.15, 0.2) is 0 Å². The van der Waals surface area contributed by atoms with Gasteiger partial charge in [0.2, 0.25) is 0 Å². The van der Waals surface area contributed by atoms with Gasteiger partial charge in [-0.25, -0.2) is 4.79 Å². The molecule has 0 bridgehead atoms. The van der Waals surface area contributed by atoms with E-state index >= 15 is 0 Å². The number of carbonyl (C=O) groups excluding carboxylic acids is 1. The molecule has 0 radical (unpaired) electrons. The van der Waals surface area contributed by atoms with Gasteiger partial charge in [-0.3, -0.25) is 0 Å². The number of amides is 2. The molecule has 0 unspecified atom stereocenters. The normalized spacial score (nSPS) is 14.8. The summed E-state index contributed by atoms with van der Waals surface area (Å²) in [7, 11) is 0. The summed E-state index contributed by atoms with van der Waals surface area (Å²) in [5, 5.41) is 6.14. The highest BCUT2D eigenvalue weighted by molar-refractivity contribution is 5.74. The fraction of sp³-hybridized carbons (Fsp3) is 0.381. The first-order chi connectivity index (χ1) is 12.3. The maximum atomic E-state index is 12.4. The molecule has 1 atom stereocenters. The Kier molecular flexibility index (Phi) is 6.07. The van der Waals surface area contributed by atoms with E-state index < -0.39 is 0 Å². The number of benzene rings is 2. The second kappa shape index (κ2) is 8.67. The van der Waals surface area contributed by atoms with Crippen molar-refractivity contribution >= 4 is 6.03 Å². The van der Waals surface area contributed by atoms with Gasteiger partial charge in [-0.2, -0.15) is 0 Å². The Bertz CT molecular complexity index is 683. The average Bonchev–Trinajstić information content (AvgIpc) is 3.49. The summed E-state index contributed by atoms with van der Waals surface area (Å²) in [4.78, 5) is 12.4. The lowest BCUT2D eigenvalue weighted by molar-refractivity contribution is 0.133. The zero-order valence-electron chi connectivity index (χ0n) is 14.7. The molecule has 1 fully saturated rings. The molecule has 0 saturated heterocycles. The third kappa shape index (κ3) is 5.07. The van der Waals surface area contributed by atoms with E-state index in [-0.39, 0.29) is 12.1 Å². The maximum Gasteiger partial charge on any atom is 0.315 e. The van der Waals surface area contributed by atoms with Gasteiger partial charge >= 0.3 is 6.03 Å². The minimum atomic E-state index is -0.119. The first-order valence-corrected chi connectivity index (χ1v) is 9.01. The second-order valence-corrected chi connectivity index (χ2v) is 6.46. The maximum absolute atomic E-state index is 12.4. The van der Waals surface area contributed by atoms with Crippen LogP contribution in [-0.2, 0) is 17.9 Å². The van der Waals surface area contributed by atoms with Crippen molar-refractivity contribution in [2.75, 3.05) is 6.61 Å². The molecule has 1 aliphatic rings. The quantitative estimate of drug-likeness (QED) is 0.759. The molecule has 0 aromatic heterocycles. The second-order valence-electron chi connectivity index (χ2n) is 6.46. The van der Waals surface area contributed by atoms with Crippen LogP contribution in [0.15, 0.2) is 54.6 Å². The van der Waals surface area contributed by atoms with E-state index in [2.05, 4.69) is 22.8 Å². The van der Waals surface area contributed by atoms with Crippen molar-refractivity contribution in [3.05, 3.63) is 71.3 Å². The van der Waals surface area contributed by atoms with Crippen molar-refractivity contribution < 1.29 is 9.53 Å². The standard InChI is InChI=1S/C21H26N2O2/c1-2-25-15-19-11-7-6-10-18(19)14-22-21(24)23-20(17-12-13-17)16-8-4-3-5-9-16/h3-11,17,20H,2,12-15H2,1H3,(H2,22,23,24)/t20-/m0/s1. The number of rotatable bonds is 8. The van der Waals surface area contributed by atoms with Crippen LogP contribution >= 0.6 is 0 Å². The van der Waals surface area contributed by atoms with E-state index in [1.165, 1.54) is 18.4 Å². The molecule has 1 aliphatic carbocycles. The summed E-state index contributed by atoms with van der Waals surface area (Å²) < 4.78 is 5.50. The Morgan fingerprint density at radius 1 is 1.08 bits per heavy atom. The average molecular weight is 338 g/mol. The van der Waals surface area contributed by atoms with Gasteiger partial charge in [-0.1, -0.05) is 54.6 Å². The Labute approximate surface area is 149 Å². The topological polar surface area (TPSA) is 50.4 Å². The lowest BCUT2D eigenvalue weighted by Gasteiger charge is -2.19. The first kappa shape index (κ1) is 17.5. The van der Waals surface area contributed by atoms with E-state index in [1.807, 2.05) is 49.4 Å². The molecule has 4 nitrogen and oxygen atoms in total. The number of hydrogen-bond donors (Lipinski definition) is 2. The van der Waals surface area contributed by atoms with E-state index in [1.54, 1.807) is 0 Å². The molecule has 2 aromatic rings. The summed E-state index contributed by atoms with van der Waals surface area (Å²) in [5.74, 6) is 0.554. The third-order valence-electron chi connectivity index (χ3n) is 4.56. The van der Waals surface area contributed by atoms with E-state index in [0.717, 1.165) is 11.1 Å². The minimum absolute atomic E-state index is 0.0971. The molecule has 132 valence electrons. The third-order valence-corrected chi connectivity index (χ3v) is 4.56. The first-order valence-electron chi connectivity index (χ1n) is 9.01. The van der Waals surface area contributed by atoms with Crippen LogP contribution in [0.2, 0.25) is 0 Å². The number of hydrogen-bond acceptors (Lipinski definition) is 2. The molecule has 2 aromatic carbocycles.